The van der Waals surface area contributed by atoms with Gasteiger partial charge in [0.15, 0.2) is 0 Å². The lowest BCUT2D eigenvalue weighted by molar-refractivity contribution is 0.673. The van der Waals surface area contributed by atoms with Crippen molar-refractivity contribution in [1.82, 2.24) is 0 Å². The van der Waals surface area contributed by atoms with Crippen LogP contribution in [0.2, 0.25) is 0 Å². The lowest BCUT2D eigenvalue weighted by Crippen LogP contribution is -1.82. The predicted octanol–water partition coefficient (Wildman–Crippen LogP) is 6.85. The van der Waals surface area contributed by atoms with Crippen molar-refractivity contribution in [1.29, 1.82) is 0 Å². The van der Waals surface area contributed by atoms with Crippen molar-refractivity contribution in [3.8, 4) is 0 Å². The van der Waals surface area contributed by atoms with Gasteiger partial charge in [-0.15, -0.1) is 11.3 Å². The van der Waals surface area contributed by atoms with Crippen molar-refractivity contribution in [3.05, 3.63) is 57.6 Å². The van der Waals surface area contributed by atoms with Crippen LogP contribution in [0.5, 0.6) is 0 Å². The molecule has 2 rings (SSSR count). The molecule has 0 fully saturated rings. The third kappa shape index (κ3) is 5.56. The van der Waals surface area contributed by atoms with E-state index < -0.39 is 0 Å². The molecule has 0 unspecified atom stereocenters. The summed E-state index contributed by atoms with van der Waals surface area (Å²) in [5.41, 5.74) is 0. The molecule has 0 aliphatic heterocycles. The maximum absolute atomic E-state index is 2.36. The Balaban J connectivity index is 2.00. The molecule has 20 heavy (non-hydrogen) atoms. The zero-order valence-corrected chi connectivity index (χ0v) is 13.7. The fourth-order valence-electron chi connectivity index (χ4n) is 2.05. The van der Waals surface area contributed by atoms with Crippen LogP contribution >= 0.6 is 23.1 Å². The second-order valence-corrected chi connectivity index (χ2v) is 7.03. The van der Waals surface area contributed by atoms with Crippen LogP contribution in [-0.2, 0) is 0 Å². The van der Waals surface area contributed by atoms with E-state index in [-0.39, 0.29) is 0 Å². The highest BCUT2D eigenvalue weighted by Gasteiger charge is 2.02. The van der Waals surface area contributed by atoms with Crippen LogP contribution in [0.15, 0.2) is 57.6 Å². The van der Waals surface area contributed by atoms with Crippen LogP contribution in [0.1, 0.15) is 43.9 Å². The Bertz CT molecular complexity index is 497. The maximum atomic E-state index is 2.36. The second-order valence-electron chi connectivity index (χ2n) is 4.85. The SMILES string of the molecule is CCCCCCC(=Cc1cccs1)Sc1ccccc1. The minimum absolute atomic E-state index is 1.19. The van der Waals surface area contributed by atoms with E-state index in [1.54, 1.807) is 0 Å². The topological polar surface area (TPSA) is 0 Å². The van der Waals surface area contributed by atoms with Gasteiger partial charge in [-0.25, -0.2) is 0 Å². The average Bonchev–Trinajstić information content (AvgIpc) is 2.97. The Morgan fingerprint density at radius 2 is 1.90 bits per heavy atom. The lowest BCUT2D eigenvalue weighted by Gasteiger charge is -2.07. The normalized spacial score (nSPS) is 11.8. The van der Waals surface area contributed by atoms with E-state index in [1.165, 1.54) is 46.8 Å². The highest BCUT2D eigenvalue weighted by Crippen LogP contribution is 2.32. The summed E-state index contributed by atoms with van der Waals surface area (Å²) >= 11 is 3.73. The molecule has 0 N–H and O–H groups in total. The van der Waals surface area contributed by atoms with E-state index in [2.05, 4.69) is 60.8 Å². The fourth-order valence-corrected chi connectivity index (χ4v) is 3.84. The lowest BCUT2D eigenvalue weighted by atomic mass is 10.1. The van der Waals surface area contributed by atoms with Crippen LogP contribution in [0, 0.1) is 0 Å². The number of allylic oxidation sites excluding steroid dienone is 1. The van der Waals surface area contributed by atoms with Gasteiger partial charge in [0.2, 0.25) is 0 Å². The summed E-state index contributed by atoms with van der Waals surface area (Å²) < 4.78 is 0. The molecule has 2 aromatic rings. The van der Waals surface area contributed by atoms with Gasteiger partial charge in [0.05, 0.1) is 0 Å². The number of thiophene rings is 1. The molecule has 0 radical (unpaired) electrons. The number of benzene rings is 1. The van der Waals surface area contributed by atoms with Crippen LogP contribution in [0.25, 0.3) is 6.08 Å². The van der Waals surface area contributed by atoms with Crippen molar-refractivity contribution in [2.24, 2.45) is 0 Å². The molecule has 0 spiro atoms. The molecular weight excluding hydrogens is 280 g/mol. The Kier molecular flexibility index (Phi) is 6.96. The number of unbranched alkanes of at least 4 members (excludes halogenated alkanes) is 3. The zero-order valence-electron chi connectivity index (χ0n) is 12.0. The first-order chi connectivity index (χ1) is 9.88. The van der Waals surface area contributed by atoms with E-state index in [4.69, 9.17) is 0 Å². The Labute approximate surface area is 130 Å². The van der Waals surface area contributed by atoms with Gasteiger partial charge in [-0.05, 0) is 47.4 Å². The summed E-state index contributed by atoms with van der Waals surface area (Å²) in [7, 11) is 0. The van der Waals surface area contributed by atoms with Crippen molar-refractivity contribution < 1.29 is 0 Å². The minimum atomic E-state index is 1.19. The smallest absolute Gasteiger partial charge is 0.0278 e. The van der Waals surface area contributed by atoms with E-state index >= 15 is 0 Å². The first-order valence-corrected chi connectivity index (χ1v) is 9.05. The van der Waals surface area contributed by atoms with Gasteiger partial charge in [-0.1, -0.05) is 62.2 Å². The van der Waals surface area contributed by atoms with E-state index in [0.29, 0.717) is 0 Å². The van der Waals surface area contributed by atoms with Gasteiger partial charge >= 0.3 is 0 Å². The summed E-state index contributed by atoms with van der Waals surface area (Å²) in [6.45, 7) is 2.26. The van der Waals surface area contributed by atoms with Gasteiger partial charge in [0, 0.05) is 9.77 Å². The monoisotopic (exact) mass is 302 g/mol. The minimum Gasteiger partial charge on any atom is -0.144 e. The predicted molar refractivity (Wildman–Crippen MR) is 93.4 cm³/mol. The van der Waals surface area contributed by atoms with Crippen molar-refractivity contribution in [2.45, 2.75) is 43.9 Å². The fraction of sp³-hybridized carbons (Fsp3) is 0.333. The molecule has 0 bridgehead atoms. The highest BCUT2D eigenvalue weighted by atomic mass is 32.2. The molecule has 1 aromatic heterocycles. The molecule has 0 saturated heterocycles. The molecule has 0 nitrogen and oxygen atoms in total. The molecular formula is C18H22S2. The van der Waals surface area contributed by atoms with Crippen molar-refractivity contribution >= 4 is 29.2 Å². The largest absolute Gasteiger partial charge is 0.144 e. The standard InChI is InChI=1S/C18H22S2/c1-2-3-4-6-12-18(15-17-13-9-14-19-17)20-16-10-7-5-8-11-16/h5,7-11,13-15H,2-4,6,12H2,1H3. The molecule has 0 atom stereocenters. The summed E-state index contributed by atoms with van der Waals surface area (Å²) in [6, 6.07) is 15.0. The van der Waals surface area contributed by atoms with E-state index in [9.17, 15) is 0 Å². The molecule has 106 valence electrons. The number of thioether (sulfide) groups is 1. The van der Waals surface area contributed by atoms with Gasteiger partial charge in [-0.2, -0.15) is 0 Å². The van der Waals surface area contributed by atoms with E-state index in [0.717, 1.165) is 0 Å². The van der Waals surface area contributed by atoms with Crippen molar-refractivity contribution in [3.63, 3.8) is 0 Å². The molecule has 1 aromatic carbocycles. The molecule has 0 saturated carbocycles. The quantitative estimate of drug-likeness (QED) is 0.379. The van der Waals surface area contributed by atoms with Gasteiger partial charge < -0.3 is 0 Å². The molecule has 0 aliphatic rings. The molecule has 0 aliphatic carbocycles. The first kappa shape index (κ1) is 15.4. The summed E-state index contributed by atoms with van der Waals surface area (Å²) in [5.74, 6) is 0. The van der Waals surface area contributed by atoms with Crippen molar-refractivity contribution in [2.75, 3.05) is 0 Å². The van der Waals surface area contributed by atoms with Crippen LogP contribution in [0.4, 0.5) is 0 Å². The average molecular weight is 303 g/mol. The molecule has 1 heterocycles. The number of hydrogen-bond donors (Lipinski definition) is 0. The maximum Gasteiger partial charge on any atom is 0.0278 e. The summed E-state index contributed by atoms with van der Waals surface area (Å²) in [4.78, 5) is 4.18. The van der Waals surface area contributed by atoms with Crippen LogP contribution in [-0.4, -0.2) is 0 Å². The first-order valence-electron chi connectivity index (χ1n) is 7.35. The van der Waals surface area contributed by atoms with Crippen LogP contribution < -0.4 is 0 Å². The van der Waals surface area contributed by atoms with E-state index in [1.807, 2.05) is 23.1 Å². The Morgan fingerprint density at radius 1 is 1.05 bits per heavy atom. The van der Waals surface area contributed by atoms with Crippen LogP contribution in [0.3, 0.4) is 0 Å². The summed E-state index contributed by atoms with van der Waals surface area (Å²) in [6.07, 6.45) is 8.84. The summed E-state index contributed by atoms with van der Waals surface area (Å²) in [5, 5.41) is 2.15. The third-order valence-electron chi connectivity index (χ3n) is 3.12. The third-order valence-corrected chi connectivity index (χ3v) is 5.03. The Morgan fingerprint density at radius 3 is 2.60 bits per heavy atom. The second kappa shape index (κ2) is 9.04. The zero-order chi connectivity index (χ0) is 14.0. The van der Waals surface area contributed by atoms with Gasteiger partial charge in [0.1, 0.15) is 0 Å². The highest BCUT2D eigenvalue weighted by molar-refractivity contribution is 8.03. The molecule has 2 heteroatoms. The van der Waals surface area contributed by atoms with Gasteiger partial charge in [-0.3, -0.25) is 0 Å². The number of rotatable bonds is 8. The number of hydrogen-bond acceptors (Lipinski definition) is 2. The Hall–Kier alpha value is -0.990. The van der Waals surface area contributed by atoms with Gasteiger partial charge in [0.25, 0.3) is 0 Å². The molecule has 0 amide bonds.